The Labute approximate surface area is 178 Å². The summed E-state index contributed by atoms with van der Waals surface area (Å²) in [5, 5.41) is 0. The van der Waals surface area contributed by atoms with E-state index in [0.29, 0.717) is 36.9 Å². The Morgan fingerprint density at radius 1 is 1.10 bits per heavy atom. The smallest absolute Gasteiger partial charge is 0.243 e. The highest BCUT2D eigenvalue weighted by atomic mass is 32.2. The van der Waals surface area contributed by atoms with Gasteiger partial charge in [0.15, 0.2) is 0 Å². The lowest BCUT2D eigenvalue weighted by atomic mass is 9.93. The maximum absolute atomic E-state index is 13.3. The Morgan fingerprint density at radius 3 is 2.47 bits per heavy atom. The SMILES string of the molecule is CC(C)c1ccc(S(=O)(=O)N2CC[C@@]3(CN(c4cccnc4)C(=O)CN3C)C2)cc1. The van der Waals surface area contributed by atoms with Gasteiger partial charge in [-0.05, 0) is 49.2 Å². The molecule has 7 nitrogen and oxygen atoms in total. The van der Waals surface area contributed by atoms with Gasteiger partial charge in [-0.15, -0.1) is 0 Å². The van der Waals surface area contributed by atoms with Crippen LogP contribution in [0.15, 0.2) is 53.7 Å². The van der Waals surface area contributed by atoms with Crippen molar-refractivity contribution in [1.82, 2.24) is 14.2 Å². The van der Waals surface area contributed by atoms with Gasteiger partial charge in [0.1, 0.15) is 0 Å². The molecule has 0 radical (unpaired) electrons. The summed E-state index contributed by atoms with van der Waals surface area (Å²) in [7, 11) is -1.68. The fourth-order valence-electron chi connectivity index (χ4n) is 4.35. The third-order valence-corrected chi connectivity index (χ3v) is 8.23. The second kappa shape index (κ2) is 7.76. The van der Waals surface area contributed by atoms with Crippen LogP contribution in [0.2, 0.25) is 0 Å². The molecule has 3 heterocycles. The molecule has 2 fully saturated rings. The topological polar surface area (TPSA) is 73.8 Å². The Bertz CT molecular complexity index is 1020. The van der Waals surface area contributed by atoms with Crippen molar-refractivity contribution < 1.29 is 13.2 Å². The molecule has 160 valence electrons. The highest BCUT2D eigenvalue weighted by Gasteiger charge is 2.50. The number of hydrogen-bond donors (Lipinski definition) is 0. The van der Waals surface area contributed by atoms with Crippen molar-refractivity contribution in [2.24, 2.45) is 0 Å². The summed E-state index contributed by atoms with van der Waals surface area (Å²) >= 11 is 0. The molecule has 0 saturated carbocycles. The van der Waals surface area contributed by atoms with Crippen molar-refractivity contribution in [2.45, 2.75) is 36.6 Å². The summed E-state index contributed by atoms with van der Waals surface area (Å²) in [5.74, 6) is 0.352. The van der Waals surface area contributed by atoms with Gasteiger partial charge >= 0.3 is 0 Å². The van der Waals surface area contributed by atoms with Crippen LogP contribution in [0.4, 0.5) is 5.69 Å². The van der Waals surface area contributed by atoms with Gasteiger partial charge in [0.25, 0.3) is 0 Å². The number of nitrogens with zero attached hydrogens (tertiary/aromatic N) is 4. The predicted octanol–water partition coefficient (Wildman–Crippen LogP) is 2.32. The van der Waals surface area contributed by atoms with Gasteiger partial charge in [0, 0.05) is 25.8 Å². The summed E-state index contributed by atoms with van der Waals surface area (Å²) < 4.78 is 28.1. The van der Waals surface area contributed by atoms with Gasteiger partial charge in [-0.2, -0.15) is 4.31 Å². The Morgan fingerprint density at radius 2 is 1.83 bits per heavy atom. The lowest BCUT2D eigenvalue weighted by Crippen LogP contribution is -2.64. The first-order valence-corrected chi connectivity index (χ1v) is 11.7. The molecule has 2 saturated heterocycles. The number of rotatable bonds is 4. The van der Waals surface area contributed by atoms with E-state index < -0.39 is 15.6 Å². The summed E-state index contributed by atoms with van der Waals surface area (Å²) in [4.78, 5) is 20.9. The summed E-state index contributed by atoms with van der Waals surface area (Å²) in [6, 6.07) is 10.8. The maximum atomic E-state index is 13.3. The van der Waals surface area contributed by atoms with Crippen LogP contribution in [0.25, 0.3) is 0 Å². The average Bonchev–Trinajstić information content (AvgIpc) is 3.18. The molecule has 2 aliphatic heterocycles. The third-order valence-electron chi connectivity index (χ3n) is 6.38. The van der Waals surface area contributed by atoms with E-state index in [-0.39, 0.29) is 12.5 Å². The zero-order chi connectivity index (χ0) is 21.5. The molecular weight excluding hydrogens is 400 g/mol. The normalized spacial score (nSPS) is 23.6. The first-order valence-electron chi connectivity index (χ1n) is 10.2. The van der Waals surface area contributed by atoms with Crippen molar-refractivity contribution >= 4 is 21.6 Å². The Balaban J connectivity index is 1.58. The molecule has 1 atom stereocenters. The van der Waals surface area contributed by atoms with E-state index in [0.717, 1.165) is 11.3 Å². The van der Waals surface area contributed by atoms with E-state index in [1.165, 1.54) is 0 Å². The molecule has 30 heavy (non-hydrogen) atoms. The van der Waals surface area contributed by atoms with E-state index in [1.54, 1.807) is 39.8 Å². The minimum atomic E-state index is -3.58. The number of piperazine rings is 1. The highest BCUT2D eigenvalue weighted by Crippen LogP contribution is 2.35. The van der Waals surface area contributed by atoms with E-state index >= 15 is 0 Å². The molecular formula is C22H28N4O3S. The second-order valence-electron chi connectivity index (χ2n) is 8.58. The molecule has 1 aromatic heterocycles. The van der Waals surface area contributed by atoms with Gasteiger partial charge < -0.3 is 4.90 Å². The van der Waals surface area contributed by atoms with Crippen LogP contribution < -0.4 is 4.90 Å². The molecule has 2 aromatic rings. The first kappa shape index (κ1) is 21.0. The van der Waals surface area contributed by atoms with Gasteiger partial charge in [0.2, 0.25) is 15.9 Å². The molecule has 8 heteroatoms. The number of sulfonamides is 1. The monoisotopic (exact) mass is 428 g/mol. The standard InChI is InChI=1S/C22H28N4O3S/c1-17(2)18-6-8-20(9-7-18)30(28,29)25-12-10-22(15-25)16-26(21(27)14-24(22)3)19-5-4-11-23-13-19/h4-9,11,13,17H,10,12,14-16H2,1-3H3/t22-/m0/s1. The van der Waals surface area contributed by atoms with Gasteiger partial charge in [0.05, 0.1) is 28.9 Å². The summed E-state index contributed by atoms with van der Waals surface area (Å²) in [6.07, 6.45) is 4.03. The summed E-state index contributed by atoms with van der Waals surface area (Å²) in [5.41, 5.74) is 1.46. The Hall–Kier alpha value is -2.29. The molecule has 0 aliphatic carbocycles. The zero-order valence-corrected chi connectivity index (χ0v) is 18.5. The quantitative estimate of drug-likeness (QED) is 0.747. The van der Waals surface area contributed by atoms with Crippen LogP contribution in [0.1, 0.15) is 31.7 Å². The second-order valence-corrected chi connectivity index (χ2v) is 10.5. The van der Waals surface area contributed by atoms with Gasteiger partial charge in [-0.25, -0.2) is 8.42 Å². The van der Waals surface area contributed by atoms with Crippen molar-refractivity contribution in [3.63, 3.8) is 0 Å². The Kier molecular flexibility index (Phi) is 5.42. The zero-order valence-electron chi connectivity index (χ0n) is 17.7. The van der Waals surface area contributed by atoms with Gasteiger partial charge in [-0.1, -0.05) is 26.0 Å². The molecule has 4 rings (SSSR count). The van der Waals surface area contributed by atoms with E-state index in [1.807, 2.05) is 30.1 Å². The molecule has 1 aromatic carbocycles. The van der Waals surface area contributed by atoms with Crippen molar-refractivity contribution in [1.29, 1.82) is 0 Å². The van der Waals surface area contributed by atoms with E-state index in [4.69, 9.17) is 0 Å². The number of benzene rings is 1. The average molecular weight is 429 g/mol. The fraction of sp³-hybridized carbons (Fsp3) is 0.455. The number of likely N-dealkylation sites (N-methyl/N-ethyl adjacent to an activating group) is 1. The first-order chi connectivity index (χ1) is 14.2. The van der Waals surface area contributed by atoms with Crippen LogP contribution in [-0.4, -0.2) is 67.3 Å². The van der Waals surface area contributed by atoms with Crippen molar-refractivity contribution in [2.75, 3.05) is 38.1 Å². The van der Waals surface area contributed by atoms with Crippen LogP contribution in [0.3, 0.4) is 0 Å². The number of anilines is 1. The lowest BCUT2D eigenvalue weighted by Gasteiger charge is -2.46. The minimum Gasteiger partial charge on any atom is -0.308 e. The molecule has 0 N–H and O–H groups in total. The van der Waals surface area contributed by atoms with Crippen LogP contribution >= 0.6 is 0 Å². The number of pyridine rings is 1. The predicted molar refractivity (Wildman–Crippen MR) is 116 cm³/mol. The third kappa shape index (κ3) is 3.64. The number of amides is 1. The number of carbonyl (C=O) groups excluding carboxylic acids is 1. The maximum Gasteiger partial charge on any atom is 0.243 e. The number of carbonyl (C=O) groups is 1. The molecule has 1 amide bonds. The van der Waals surface area contributed by atoms with Crippen LogP contribution in [0.5, 0.6) is 0 Å². The summed E-state index contributed by atoms with van der Waals surface area (Å²) in [6.45, 7) is 5.68. The molecule has 0 unspecified atom stereocenters. The number of hydrogen-bond acceptors (Lipinski definition) is 5. The molecule has 2 aliphatic rings. The number of aromatic nitrogens is 1. The van der Waals surface area contributed by atoms with Crippen molar-refractivity contribution in [3.8, 4) is 0 Å². The van der Waals surface area contributed by atoms with Crippen molar-refractivity contribution in [3.05, 3.63) is 54.4 Å². The van der Waals surface area contributed by atoms with E-state index in [9.17, 15) is 13.2 Å². The molecule has 1 spiro atoms. The largest absolute Gasteiger partial charge is 0.308 e. The van der Waals surface area contributed by atoms with Gasteiger partial charge in [-0.3, -0.25) is 14.7 Å². The van der Waals surface area contributed by atoms with Crippen LogP contribution in [-0.2, 0) is 14.8 Å². The minimum absolute atomic E-state index is 0.00158. The van der Waals surface area contributed by atoms with Crippen LogP contribution in [0, 0.1) is 0 Å². The fourth-order valence-corrected chi connectivity index (χ4v) is 5.87. The van der Waals surface area contributed by atoms with E-state index in [2.05, 4.69) is 18.8 Å². The lowest BCUT2D eigenvalue weighted by molar-refractivity contribution is -0.123. The molecule has 0 bridgehead atoms. The highest BCUT2D eigenvalue weighted by molar-refractivity contribution is 7.89.